The predicted molar refractivity (Wildman–Crippen MR) is 136 cm³/mol. The number of nitrogens with one attached hydrogen (secondary N) is 1. The Kier molecular flexibility index (Phi) is 6.72. The fourth-order valence-corrected chi connectivity index (χ4v) is 5.80. The van der Waals surface area contributed by atoms with Crippen LogP contribution in [0.1, 0.15) is 49.0 Å². The molecule has 33 heavy (non-hydrogen) atoms. The molecule has 1 N–H and O–H groups in total. The molecule has 2 heterocycles. The van der Waals surface area contributed by atoms with Crippen LogP contribution in [-0.4, -0.2) is 5.91 Å². The van der Waals surface area contributed by atoms with Crippen molar-refractivity contribution in [3.63, 3.8) is 0 Å². The van der Waals surface area contributed by atoms with Crippen molar-refractivity contribution in [3.8, 4) is 17.4 Å². The number of rotatable bonds is 4. The van der Waals surface area contributed by atoms with Crippen molar-refractivity contribution in [2.24, 2.45) is 11.3 Å². The molecule has 0 bridgehead atoms. The molecule has 1 atom stereocenters. The standard InChI is InChI=1S/C26H24Cl2N2O2S/c1-26(2,3)15-7-10-17-19(14-29)25(33-22(17)13-15)30-23(31)12-9-16-8-11-21(32-16)18-5-4-6-20(27)24(18)28/h4-6,8-9,11-12,15H,7,10,13H2,1-3H3,(H,30,31). The molecule has 0 radical (unpaired) electrons. The third kappa shape index (κ3) is 5.04. The van der Waals surface area contributed by atoms with Crippen LogP contribution in [0.5, 0.6) is 0 Å². The van der Waals surface area contributed by atoms with Gasteiger partial charge in [-0.3, -0.25) is 4.79 Å². The van der Waals surface area contributed by atoms with Gasteiger partial charge < -0.3 is 9.73 Å². The number of halogens is 2. The molecule has 1 unspecified atom stereocenters. The number of hydrogen-bond donors (Lipinski definition) is 1. The molecule has 0 aliphatic heterocycles. The number of nitrogens with zero attached hydrogens (tertiary/aromatic N) is 1. The van der Waals surface area contributed by atoms with Gasteiger partial charge in [0.2, 0.25) is 5.91 Å². The van der Waals surface area contributed by atoms with Crippen LogP contribution in [0.4, 0.5) is 5.00 Å². The van der Waals surface area contributed by atoms with Gasteiger partial charge in [-0.25, -0.2) is 0 Å². The minimum Gasteiger partial charge on any atom is -0.457 e. The number of fused-ring (bicyclic) bond motifs is 1. The number of nitriles is 1. The van der Waals surface area contributed by atoms with E-state index in [4.69, 9.17) is 27.6 Å². The Bertz CT molecular complexity index is 1270. The van der Waals surface area contributed by atoms with Gasteiger partial charge >= 0.3 is 0 Å². The SMILES string of the molecule is CC(C)(C)C1CCc2c(sc(NC(=O)C=Cc3ccc(-c4cccc(Cl)c4Cl)o3)c2C#N)C1. The summed E-state index contributed by atoms with van der Waals surface area (Å²) < 4.78 is 5.80. The Morgan fingerprint density at radius 1 is 1.27 bits per heavy atom. The Hall–Kier alpha value is -2.52. The molecule has 0 saturated carbocycles. The molecule has 1 aliphatic carbocycles. The second-order valence-electron chi connectivity index (χ2n) is 9.25. The van der Waals surface area contributed by atoms with E-state index in [9.17, 15) is 10.1 Å². The van der Waals surface area contributed by atoms with Gasteiger partial charge in [0.15, 0.2) is 0 Å². The molecule has 7 heteroatoms. The van der Waals surface area contributed by atoms with Gasteiger partial charge in [-0.1, -0.05) is 50.0 Å². The van der Waals surface area contributed by atoms with Crippen molar-refractivity contribution in [2.45, 2.75) is 40.0 Å². The van der Waals surface area contributed by atoms with Crippen molar-refractivity contribution >= 4 is 51.5 Å². The lowest BCUT2D eigenvalue weighted by molar-refractivity contribution is -0.111. The largest absolute Gasteiger partial charge is 0.457 e. The highest BCUT2D eigenvalue weighted by Crippen LogP contribution is 2.44. The van der Waals surface area contributed by atoms with Gasteiger partial charge in [-0.15, -0.1) is 11.3 Å². The van der Waals surface area contributed by atoms with E-state index in [0.29, 0.717) is 43.6 Å². The molecule has 170 valence electrons. The molecule has 3 aromatic rings. The van der Waals surface area contributed by atoms with E-state index in [-0.39, 0.29) is 11.3 Å². The van der Waals surface area contributed by atoms with E-state index in [0.717, 1.165) is 24.8 Å². The summed E-state index contributed by atoms with van der Waals surface area (Å²) in [6, 6.07) is 11.2. The summed E-state index contributed by atoms with van der Waals surface area (Å²) >= 11 is 13.9. The third-order valence-electron chi connectivity index (χ3n) is 6.08. The summed E-state index contributed by atoms with van der Waals surface area (Å²) in [6.07, 6.45) is 5.88. The molecular weight excluding hydrogens is 475 g/mol. The third-order valence-corrected chi connectivity index (χ3v) is 8.07. The number of benzene rings is 1. The Balaban J connectivity index is 1.48. The Morgan fingerprint density at radius 2 is 2.06 bits per heavy atom. The molecule has 1 amide bonds. The second kappa shape index (κ2) is 9.38. The van der Waals surface area contributed by atoms with Gasteiger partial charge in [0.05, 0.1) is 15.6 Å². The summed E-state index contributed by atoms with van der Waals surface area (Å²) in [4.78, 5) is 13.8. The Labute approximate surface area is 207 Å². The fraction of sp³-hybridized carbons (Fsp3) is 0.308. The summed E-state index contributed by atoms with van der Waals surface area (Å²) in [5.74, 6) is 1.33. The monoisotopic (exact) mass is 498 g/mol. The maximum atomic E-state index is 12.6. The minimum absolute atomic E-state index is 0.220. The average Bonchev–Trinajstić information content (AvgIpc) is 3.37. The zero-order valence-corrected chi connectivity index (χ0v) is 21.0. The van der Waals surface area contributed by atoms with Crippen LogP contribution in [0.3, 0.4) is 0 Å². The highest BCUT2D eigenvalue weighted by molar-refractivity contribution is 7.16. The highest BCUT2D eigenvalue weighted by Gasteiger charge is 2.32. The molecular formula is C26H24Cl2N2O2S. The molecule has 4 nitrogen and oxygen atoms in total. The van der Waals surface area contributed by atoms with E-state index >= 15 is 0 Å². The van der Waals surface area contributed by atoms with Crippen LogP contribution in [0, 0.1) is 22.7 Å². The molecule has 1 aromatic carbocycles. The number of carbonyl (C=O) groups is 1. The van der Waals surface area contributed by atoms with Gasteiger partial charge in [0.1, 0.15) is 22.6 Å². The summed E-state index contributed by atoms with van der Waals surface area (Å²) in [6.45, 7) is 6.78. The lowest BCUT2D eigenvalue weighted by Gasteiger charge is -2.33. The number of carbonyl (C=O) groups excluding carboxylic acids is 1. The van der Waals surface area contributed by atoms with Gasteiger partial charge in [0, 0.05) is 16.5 Å². The number of hydrogen-bond acceptors (Lipinski definition) is 4. The van der Waals surface area contributed by atoms with Crippen LogP contribution in [0.25, 0.3) is 17.4 Å². The molecule has 0 fully saturated rings. The van der Waals surface area contributed by atoms with E-state index < -0.39 is 0 Å². The van der Waals surface area contributed by atoms with Gasteiger partial charge in [0.25, 0.3) is 0 Å². The van der Waals surface area contributed by atoms with Crippen molar-refractivity contribution in [1.29, 1.82) is 5.26 Å². The van der Waals surface area contributed by atoms with Crippen molar-refractivity contribution in [2.75, 3.05) is 5.32 Å². The van der Waals surface area contributed by atoms with E-state index in [1.807, 2.05) is 6.07 Å². The zero-order valence-electron chi connectivity index (χ0n) is 18.7. The zero-order chi connectivity index (χ0) is 23.8. The molecule has 2 aromatic heterocycles. The fourth-order valence-electron chi connectivity index (χ4n) is 4.12. The maximum Gasteiger partial charge on any atom is 0.249 e. The van der Waals surface area contributed by atoms with Crippen molar-refractivity contribution in [3.05, 3.63) is 68.2 Å². The van der Waals surface area contributed by atoms with E-state index in [1.165, 1.54) is 22.3 Å². The normalized spacial score (nSPS) is 15.9. The van der Waals surface area contributed by atoms with Crippen LogP contribution >= 0.6 is 34.5 Å². The van der Waals surface area contributed by atoms with Gasteiger partial charge in [-0.05, 0) is 66.5 Å². The van der Waals surface area contributed by atoms with Crippen LogP contribution < -0.4 is 5.32 Å². The first kappa shape index (κ1) is 23.6. The first-order chi connectivity index (χ1) is 15.7. The Morgan fingerprint density at radius 3 is 2.79 bits per heavy atom. The van der Waals surface area contributed by atoms with Crippen LogP contribution in [-0.2, 0) is 17.6 Å². The van der Waals surface area contributed by atoms with Crippen molar-refractivity contribution in [1.82, 2.24) is 0 Å². The summed E-state index contributed by atoms with van der Waals surface area (Å²) in [7, 11) is 0. The highest BCUT2D eigenvalue weighted by atomic mass is 35.5. The smallest absolute Gasteiger partial charge is 0.249 e. The lowest BCUT2D eigenvalue weighted by Crippen LogP contribution is -2.26. The van der Waals surface area contributed by atoms with Crippen LogP contribution in [0.15, 0.2) is 40.8 Å². The summed E-state index contributed by atoms with van der Waals surface area (Å²) in [5.41, 5.74) is 2.60. The molecule has 1 aliphatic rings. The predicted octanol–water partition coefficient (Wildman–Crippen LogP) is 7.99. The average molecular weight is 499 g/mol. The summed E-state index contributed by atoms with van der Waals surface area (Å²) in [5, 5.41) is 14.1. The van der Waals surface area contributed by atoms with E-state index in [1.54, 1.807) is 30.3 Å². The van der Waals surface area contributed by atoms with Crippen LogP contribution in [0.2, 0.25) is 10.0 Å². The molecule has 0 saturated heterocycles. The number of thiophene rings is 1. The second-order valence-corrected chi connectivity index (χ2v) is 11.1. The minimum atomic E-state index is -0.309. The van der Waals surface area contributed by atoms with Gasteiger partial charge in [-0.2, -0.15) is 5.26 Å². The van der Waals surface area contributed by atoms with E-state index in [2.05, 4.69) is 32.2 Å². The quantitative estimate of drug-likeness (QED) is 0.370. The number of amides is 1. The first-order valence-electron chi connectivity index (χ1n) is 10.7. The van der Waals surface area contributed by atoms with Crippen molar-refractivity contribution < 1.29 is 9.21 Å². The lowest BCUT2D eigenvalue weighted by atomic mass is 9.72. The first-order valence-corrected chi connectivity index (χ1v) is 12.3. The molecule has 4 rings (SSSR count). The number of furan rings is 1. The topological polar surface area (TPSA) is 66.0 Å². The number of anilines is 1. The maximum absolute atomic E-state index is 12.6. The molecule has 0 spiro atoms.